The monoisotopic (exact) mass is 173 g/mol. The summed E-state index contributed by atoms with van der Waals surface area (Å²) in [5.41, 5.74) is 0. The SMILES string of the molecule is Clc1ccsc1[C@H]1CCN1. The highest BCUT2D eigenvalue weighted by Gasteiger charge is 2.21. The average Bonchev–Trinajstić information content (AvgIpc) is 2.12. The second-order valence-electron chi connectivity index (χ2n) is 2.43. The van der Waals surface area contributed by atoms with Gasteiger partial charge in [-0.25, -0.2) is 0 Å². The maximum atomic E-state index is 5.92. The first-order valence-electron chi connectivity index (χ1n) is 3.34. The van der Waals surface area contributed by atoms with Crippen molar-refractivity contribution in [2.75, 3.05) is 6.54 Å². The van der Waals surface area contributed by atoms with Crippen LogP contribution in [0.1, 0.15) is 17.3 Å². The van der Waals surface area contributed by atoms with E-state index in [9.17, 15) is 0 Å². The van der Waals surface area contributed by atoms with Gasteiger partial charge in [0.05, 0.1) is 5.02 Å². The third-order valence-corrected chi connectivity index (χ3v) is 3.26. The van der Waals surface area contributed by atoms with Crippen molar-refractivity contribution in [3.05, 3.63) is 21.3 Å². The highest BCUT2D eigenvalue weighted by molar-refractivity contribution is 7.10. The number of thiophene rings is 1. The normalized spacial score (nSPS) is 24.3. The molecule has 1 fully saturated rings. The Kier molecular flexibility index (Phi) is 1.68. The maximum absolute atomic E-state index is 5.92. The molecule has 1 aromatic heterocycles. The molecule has 0 saturated carbocycles. The Balaban J connectivity index is 2.23. The van der Waals surface area contributed by atoms with Crippen molar-refractivity contribution in [3.63, 3.8) is 0 Å². The van der Waals surface area contributed by atoms with Crippen LogP contribution in [0.5, 0.6) is 0 Å². The van der Waals surface area contributed by atoms with Crippen LogP contribution in [0.15, 0.2) is 11.4 Å². The van der Waals surface area contributed by atoms with Gasteiger partial charge in [0, 0.05) is 10.9 Å². The molecule has 0 radical (unpaired) electrons. The van der Waals surface area contributed by atoms with Crippen molar-refractivity contribution in [2.24, 2.45) is 0 Å². The summed E-state index contributed by atoms with van der Waals surface area (Å²) in [6.07, 6.45) is 1.24. The molecule has 0 bridgehead atoms. The molecule has 1 aromatic rings. The molecule has 1 saturated heterocycles. The molecule has 54 valence electrons. The fraction of sp³-hybridized carbons (Fsp3) is 0.429. The molecule has 3 heteroatoms. The summed E-state index contributed by atoms with van der Waals surface area (Å²) < 4.78 is 0. The van der Waals surface area contributed by atoms with Crippen LogP contribution in [0.2, 0.25) is 5.02 Å². The van der Waals surface area contributed by atoms with Crippen molar-refractivity contribution in [1.29, 1.82) is 0 Å². The zero-order chi connectivity index (χ0) is 6.97. The van der Waals surface area contributed by atoms with Gasteiger partial charge in [0.25, 0.3) is 0 Å². The van der Waals surface area contributed by atoms with Crippen LogP contribution in [0.25, 0.3) is 0 Å². The molecule has 2 heterocycles. The van der Waals surface area contributed by atoms with E-state index in [1.165, 1.54) is 11.3 Å². The van der Waals surface area contributed by atoms with Gasteiger partial charge < -0.3 is 5.32 Å². The Bertz CT molecular complexity index is 229. The summed E-state index contributed by atoms with van der Waals surface area (Å²) in [4.78, 5) is 1.30. The van der Waals surface area contributed by atoms with E-state index in [1.54, 1.807) is 11.3 Å². The van der Waals surface area contributed by atoms with E-state index in [-0.39, 0.29) is 0 Å². The molecule has 1 nitrogen and oxygen atoms in total. The maximum Gasteiger partial charge on any atom is 0.0561 e. The number of halogens is 1. The van der Waals surface area contributed by atoms with Crippen LogP contribution in [-0.2, 0) is 0 Å². The summed E-state index contributed by atoms with van der Waals surface area (Å²) in [5, 5.41) is 6.27. The lowest BCUT2D eigenvalue weighted by Gasteiger charge is -2.26. The summed E-state index contributed by atoms with van der Waals surface area (Å²) in [7, 11) is 0. The summed E-state index contributed by atoms with van der Waals surface area (Å²) in [6.45, 7) is 1.14. The third kappa shape index (κ3) is 0.965. The lowest BCUT2D eigenvalue weighted by Crippen LogP contribution is -2.34. The second-order valence-corrected chi connectivity index (χ2v) is 3.78. The Morgan fingerprint density at radius 2 is 2.50 bits per heavy atom. The number of nitrogens with one attached hydrogen (secondary N) is 1. The molecule has 0 aromatic carbocycles. The van der Waals surface area contributed by atoms with Crippen LogP contribution in [0.4, 0.5) is 0 Å². The van der Waals surface area contributed by atoms with Gasteiger partial charge in [-0.05, 0) is 24.4 Å². The molecular weight excluding hydrogens is 166 g/mol. The lowest BCUT2D eigenvalue weighted by molar-refractivity contribution is 0.389. The van der Waals surface area contributed by atoms with E-state index in [2.05, 4.69) is 5.32 Å². The largest absolute Gasteiger partial charge is 0.309 e. The van der Waals surface area contributed by atoms with Crippen molar-refractivity contribution < 1.29 is 0 Å². The molecule has 1 N–H and O–H groups in total. The lowest BCUT2D eigenvalue weighted by atomic mass is 10.1. The molecule has 1 aliphatic rings. The van der Waals surface area contributed by atoms with Crippen LogP contribution in [-0.4, -0.2) is 6.54 Å². The van der Waals surface area contributed by atoms with Crippen LogP contribution in [0, 0.1) is 0 Å². The molecule has 1 aliphatic heterocycles. The number of rotatable bonds is 1. The predicted octanol–water partition coefficient (Wildman–Crippen LogP) is 2.44. The summed E-state index contributed by atoms with van der Waals surface area (Å²) >= 11 is 7.66. The van der Waals surface area contributed by atoms with Gasteiger partial charge >= 0.3 is 0 Å². The fourth-order valence-electron chi connectivity index (χ4n) is 1.07. The minimum atomic E-state index is 0.549. The van der Waals surface area contributed by atoms with Gasteiger partial charge in [0.1, 0.15) is 0 Å². The van der Waals surface area contributed by atoms with Gasteiger partial charge in [-0.15, -0.1) is 11.3 Å². The van der Waals surface area contributed by atoms with Crippen LogP contribution in [0.3, 0.4) is 0 Å². The quantitative estimate of drug-likeness (QED) is 0.688. The predicted molar refractivity (Wildman–Crippen MR) is 44.7 cm³/mol. The summed E-state index contributed by atoms with van der Waals surface area (Å²) in [6, 6.07) is 2.51. The zero-order valence-electron chi connectivity index (χ0n) is 5.43. The van der Waals surface area contributed by atoms with E-state index < -0.39 is 0 Å². The third-order valence-electron chi connectivity index (χ3n) is 1.79. The van der Waals surface area contributed by atoms with Crippen LogP contribution < -0.4 is 5.32 Å². The highest BCUT2D eigenvalue weighted by atomic mass is 35.5. The molecule has 2 rings (SSSR count). The van der Waals surface area contributed by atoms with E-state index in [0.29, 0.717) is 6.04 Å². The van der Waals surface area contributed by atoms with Gasteiger partial charge in [0.2, 0.25) is 0 Å². The molecule has 0 unspecified atom stereocenters. The molecular formula is C7H8ClNS. The number of hydrogen-bond acceptors (Lipinski definition) is 2. The van der Waals surface area contributed by atoms with E-state index >= 15 is 0 Å². The smallest absolute Gasteiger partial charge is 0.0561 e. The van der Waals surface area contributed by atoms with Crippen molar-refractivity contribution in [3.8, 4) is 0 Å². The molecule has 0 spiro atoms. The molecule has 1 atom stereocenters. The topological polar surface area (TPSA) is 12.0 Å². The minimum Gasteiger partial charge on any atom is -0.309 e. The van der Waals surface area contributed by atoms with Gasteiger partial charge in [0.15, 0.2) is 0 Å². The Labute approximate surface area is 69.0 Å². The van der Waals surface area contributed by atoms with Gasteiger partial charge in [-0.2, -0.15) is 0 Å². The Morgan fingerprint density at radius 1 is 1.70 bits per heavy atom. The average molecular weight is 174 g/mol. The van der Waals surface area contributed by atoms with E-state index in [4.69, 9.17) is 11.6 Å². The van der Waals surface area contributed by atoms with Crippen molar-refractivity contribution in [2.45, 2.75) is 12.5 Å². The minimum absolute atomic E-state index is 0.549. The fourth-order valence-corrected chi connectivity index (χ4v) is 2.37. The molecule has 10 heavy (non-hydrogen) atoms. The Morgan fingerprint density at radius 3 is 2.90 bits per heavy atom. The first kappa shape index (κ1) is 6.65. The molecule has 0 amide bonds. The summed E-state index contributed by atoms with van der Waals surface area (Å²) in [5.74, 6) is 0. The molecule has 0 aliphatic carbocycles. The zero-order valence-corrected chi connectivity index (χ0v) is 7.00. The van der Waals surface area contributed by atoms with E-state index in [0.717, 1.165) is 11.6 Å². The van der Waals surface area contributed by atoms with Crippen molar-refractivity contribution >= 4 is 22.9 Å². The standard InChI is InChI=1S/C7H8ClNS/c8-5-2-4-10-7(5)6-1-3-9-6/h2,4,6,9H,1,3H2/t6-/m1/s1. The van der Waals surface area contributed by atoms with Crippen molar-refractivity contribution in [1.82, 2.24) is 5.32 Å². The van der Waals surface area contributed by atoms with Crippen LogP contribution >= 0.6 is 22.9 Å². The van der Waals surface area contributed by atoms with E-state index in [1.807, 2.05) is 11.4 Å². The second kappa shape index (κ2) is 2.53. The first-order chi connectivity index (χ1) is 4.88. The highest BCUT2D eigenvalue weighted by Crippen LogP contribution is 2.33. The van der Waals surface area contributed by atoms with Gasteiger partial charge in [-0.1, -0.05) is 11.6 Å². The van der Waals surface area contributed by atoms with Gasteiger partial charge in [-0.3, -0.25) is 0 Å². The number of hydrogen-bond donors (Lipinski definition) is 1. The first-order valence-corrected chi connectivity index (χ1v) is 4.60. The Hall–Kier alpha value is -0.0500.